The van der Waals surface area contributed by atoms with Gasteiger partial charge in [-0.15, -0.1) is 11.8 Å². The van der Waals surface area contributed by atoms with Crippen molar-refractivity contribution in [1.82, 2.24) is 14.8 Å². The van der Waals surface area contributed by atoms with Crippen LogP contribution in [0.2, 0.25) is 0 Å². The quantitative estimate of drug-likeness (QED) is 0.318. The number of carbonyl (C=O) groups excluding carboxylic acids is 2. The molecule has 4 aromatic rings. The normalized spacial score (nSPS) is 10.7. The van der Waals surface area contributed by atoms with Crippen LogP contribution in [-0.4, -0.2) is 33.8 Å². The van der Waals surface area contributed by atoms with Crippen LogP contribution in [0, 0.1) is 0 Å². The van der Waals surface area contributed by atoms with Crippen LogP contribution in [0.1, 0.15) is 32.2 Å². The Morgan fingerprint density at radius 1 is 1.09 bits per heavy atom. The molecule has 0 aliphatic heterocycles. The van der Waals surface area contributed by atoms with Crippen LogP contribution in [0.15, 0.2) is 82.6 Å². The van der Waals surface area contributed by atoms with E-state index in [0.29, 0.717) is 35.0 Å². The molecule has 3 heterocycles. The predicted octanol–water partition coefficient (Wildman–Crippen LogP) is 4.25. The molecule has 0 fully saturated rings. The van der Waals surface area contributed by atoms with Crippen molar-refractivity contribution >= 4 is 29.5 Å². The molecule has 162 valence electrons. The van der Waals surface area contributed by atoms with Crippen molar-refractivity contribution in [2.24, 2.45) is 0 Å². The number of carbonyl (C=O) groups is 2. The first-order chi connectivity index (χ1) is 15.6. The van der Waals surface area contributed by atoms with E-state index in [9.17, 15) is 9.59 Å². The summed E-state index contributed by atoms with van der Waals surface area (Å²) in [6.07, 6.45) is 4.96. The molecule has 1 amide bonds. The monoisotopic (exact) mass is 448 g/mol. The second-order valence-corrected chi connectivity index (χ2v) is 7.72. The van der Waals surface area contributed by atoms with Gasteiger partial charge in [0.05, 0.1) is 36.9 Å². The average Bonchev–Trinajstić information content (AvgIpc) is 3.47. The van der Waals surface area contributed by atoms with E-state index in [2.05, 4.69) is 15.4 Å². The van der Waals surface area contributed by atoms with E-state index in [1.54, 1.807) is 41.3 Å². The molecular formula is C23H20N4O4S. The zero-order chi connectivity index (χ0) is 22.3. The van der Waals surface area contributed by atoms with Crippen LogP contribution in [0.3, 0.4) is 0 Å². The Morgan fingerprint density at radius 2 is 1.94 bits per heavy atom. The molecule has 0 spiro atoms. The molecule has 0 radical (unpaired) electrons. The third kappa shape index (κ3) is 5.06. The summed E-state index contributed by atoms with van der Waals surface area (Å²) in [5, 5.41) is 7.23. The molecule has 8 nitrogen and oxygen atoms in total. The van der Waals surface area contributed by atoms with Crippen molar-refractivity contribution in [3.63, 3.8) is 0 Å². The van der Waals surface area contributed by atoms with Crippen LogP contribution in [0.25, 0.3) is 0 Å². The summed E-state index contributed by atoms with van der Waals surface area (Å²) in [5.41, 5.74) is 1.75. The van der Waals surface area contributed by atoms with E-state index in [1.165, 1.54) is 25.1 Å². The summed E-state index contributed by atoms with van der Waals surface area (Å²) < 4.78 is 11.9. The molecule has 0 saturated carbocycles. The Balaban J connectivity index is 1.43. The number of nitrogens with zero attached hydrogens (tertiary/aromatic N) is 3. The number of esters is 1. The summed E-state index contributed by atoms with van der Waals surface area (Å²) in [6, 6.07) is 16.2. The molecule has 0 atom stereocenters. The topological polar surface area (TPSA) is 99.2 Å². The zero-order valence-corrected chi connectivity index (χ0v) is 18.0. The molecule has 0 unspecified atom stereocenters. The fraction of sp³-hybridized carbons (Fsp3) is 0.130. The number of thioether (sulfide) groups is 1. The predicted molar refractivity (Wildman–Crippen MR) is 120 cm³/mol. The minimum atomic E-state index is -0.457. The van der Waals surface area contributed by atoms with Crippen molar-refractivity contribution in [3.8, 4) is 0 Å². The van der Waals surface area contributed by atoms with Crippen molar-refractivity contribution in [3.05, 3.63) is 95.8 Å². The fourth-order valence-corrected chi connectivity index (χ4v) is 4.03. The van der Waals surface area contributed by atoms with Crippen molar-refractivity contribution in [2.75, 3.05) is 12.4 Å². The van der Waals surface area contributed by atoms with Gasteiger partial charge in [0.25, 0.3) is 5.91 Å². The SMILES string of the molecule is COC(=O)c1ccoc1CSc1ccccc1C(=O)Nc1ccn(Cc2ccccn2)n1. The third-order valence-corrected chi connectivity index (χ3v) is 5.65. The van der Waals surface area contributed by atoms with Gasteiger partial charge in [-0.25, -0.2) is 4.79 Å². The highest BCUT2D eigenvalue weighted by Gasteiger charge is 2.17. The molecule has 9 heteroatoms. The minimum Gasteiger partial charge on any atom is -0.468 e. The van der Waals surface area contributed by atoms with E-state index in [1.807, 2.05) is 30.3 Å². The lowest BCUT2D eigenvalue weighted by molar-refractivity contribution is 0.0598. The Hall–Kier alpha value is -3.85. The van der Waals surface area contributed by atoms with Gasteiger partial charge in [-0.2, -0.15) is 5.10 Å². The van der Waals surface area contributed by atoms with Gasteiger partial charge in [0.1, 0.15) is 11.3 Å². The zero-order valence-electron chi connectivity index (χ0n) is 17.2. The number of amides is 1. The van der Waals surface area contributed by atoms with Gasteiger partial charge in [0, 0.05) is 23.4 Å². The third-order valence-electron chi connectivity index (χ3n) is 4.57. The number of methoxy groups -OCH3 is 1. The highest BCUT2D eigenvalue weighted by Crippen LogP contribution is 2.28. The number of aromatic nitrogens is 3. The largest absolute Gasteiger partial charge is 0.468 e. The first-order valence-electron chi connectivity index (χ1n) is 9.75. The maximum absolute atomic E-state index is 12.9. The second-order valence-electron chi connectivity index (χ2n) is 6.71. The Labute approximate surface area is 188 Å². The van der Waals surface area contributed by atoms with Gasteiger partial charge >= 0.3 is 5.97 Å². The van der Waals surface area contributed by atoms with E-state index in [4.69, 9.17) is 9.15 Å². The smallest absolute Gasteiger partial charge is 0.341 e. The highest BCUT2D eigenvalue weighted by atomic mass is 32.2. The molecular weight excluding hydrogens is 428 g/mol. The molecule has 0 aliphatic carbocycles. The Bertz CT molecular complexity index is 1220. The summed E-state index contributed by atoms with van der Waals surface area (Å²) >= 11 is 1.40. The Kier molecular flexibility index (Phi) is 6.66. The van der Waals surface area contributed by atoms with Crippen molar-refractivity contribution in [1.29, 1.82) is 0 Å². The van der Waals surface area contributed by atoms with E-state index in [-0.39, 0.29) is 5.91 Å². The van der Waals surface area contributed by atoms with E-state index in [0.717, 1.165) is 10.6 Å². The summed E-state index contributed by atoms with van der Waals surface area (Å²) in [6.45, 7) is 0.509. The number of anilines is 1. The van der Waals surface area contributed by atoms with Gasteiger partial charge in [-0.3, -0.25) is 14.5 Å². The Morgan fingerprint density at radius 3 is 2.75 bits per heavy atom. The average molecular weight is 449 g/mol. The van der Waals surface area contributed by atoms with Crippen LogP contribution >= 0.6 is 11.8 Å². The molecule has 32 heavy (non-hydrogen) atoms. The maximum atomic E-state index is 12.9. The number of nitrogens with one attached hydrogen (secondary N) is 1. The molecule has 0 aliphatic rings. The molecule has 3 aromatic heterocycles. The van der Waals surface area contributed by atoms with Crippen LogP contribution in [0.5, 0.6) is 0 Å². The summed E-state index contributed by atoms with van der Waals surface area (Å²) in [5.74, 6) is 0.584. The number of pyridine rings is 1. The van der Waals surface area contributed by atoms with E-state index < -0.39 is 5.97 Å². The first kappa shape index (κ1) is 21.4. The number of benzene rings is 1. The van der Waals surface area contributed by atoms with Crippen LogP contribution in [-0.2, 0) is 17.0 Å². The molecule has 4 rings (SSSR count). The lowest BCUT2D eigenvalue weighted by atomic mass is 10.2. The highest BCUT2D eigenvalue weighted by molar-refractivity contribution is 7.98. The van der Waals surface area contributed by atoms with Gasteiger partial charge in [-0.05, 0) is 30.3 Å². The maximum Gasteiger partial charge on any atom is 0.341 e. The van der Waals surface area contributed by atoms with Gasteiger partial charge in [0.2, 0.25) is 0 Å². The minimum absolute atomic E-state index is 0.274. The van der Waals surface area contributed by atoms with Crippen molar-refractivity contribution in [2.45, 2.75) is 17.2 Å². The second kappa shape index (κ2) is 9.97. The van der Waals surface area contributed by atoms with Gasteiger partial charge in [0.15, 0.2) is 5.82 Å². The summed E-state index contributed by atoms with van der Waals surface area (Å²) in [4.78, 5) is 29.8. The molecule has 1 N–H and O–H groups in total. The molecule has 0 saturated heterocycles. The number of hydrogen-bond donors (Lipinski definition) is 1. The summed E-state index contributed by atoms with van der Waals surface area (Å²) in [7, 11) is 1.32. The number of rotatable bonds is 8. The van der Waals surface area contributed by atoms with Crippen molar-refractivity contribution < 1.29 is 18.7 Å². The van der Waals surface area contributed by atoms with Gasteiger partial charge < -0.3 is 14.5 Å². The van der Waals surface area contributed by atoms with Crippen LogP contribution in [0.4, 0.5) is 5.82 Å². The molecule has 1 aromatic carbocycles. The van der Waals surface area contributed by atoms with E-state index >= 15 is 0 Å². The lowest BCUT2D eigenvalue weighted by Crippen LogP contribution is -2.14. The fourth-order valence-electron chi connectivity index (χ4n) is 3.03. The number of ether oxygens (including phenoxy) is 1. The number of hydrogen-bond acceptors (Lipinski definition) is 7. The first-order valence-corrected chi connectivity index (χ1v) is 10.7. The molecule has 0 bridgehead atoms. The van der Waals surface area contributed by atoms with Crippen LogP contribution < -0.4 is 5.32 Å². The standard InChI is InChI=1S/C23H20N4O4S/c1-30-23(29)17-10-13-31-19(17)15-32-20-8-3-2-7-18(20)22(28)25-21-9-12-27(26-21)14-16-6-4-5-11-24-16/h2-13H,14-15H2,1H3,(H,25,26,28). The lowest BCUT2D eigenvalue weighted by Gasteiger charge is -2.09. The van der Waals surface area contributed by atoms with Gasteiger partial charge in [-0.1, -0.05) is 18.2 Å². The number of furan rings is 1.